The molecule has 7 nitrogen and oxygen atoms in total. The molecule has 130 valence electrons. The zero-order valence-electron chi connectivity index (χ0n) is 14.2. The smallest absolute Gasteiger partial charge is 0.355 e. The van der Waals surface area contributed by atoms with Crippen LogP contribution >= 0.6 is 0 Å². The Morgan fingerprint density at radius 1 is 1.21 bits per heavy atom. The molecule has 0 saturated carbocycles. The Morgan fingerprint density at radius 3 is 2.46 bits per heavy atom. The van der Waals surface area contributed by atoms with Crippen LogP contribution in [0.1, 0.15) is 25.3 Å². The van der Waals surface area contributed by atoms with Crippen LogP contribution in [0.3, 0.4) is 0 Å². The first-order chi connectivity index (χ1) is 11.4. The fourth-order valence-corrected chi connectivity index (χ4v) is 2.52. The summed E-state index contributed by atoms with van der Waals surface area (Å²) in [4.78, 5) is 25.7. The van der Waals surface area contributed by atoms with Crippen molar-refractivity contribution in [3.8, 4) is 5.75 Å². The molecular weight excluding hydrogens is 314 g/mol. The maximum Gasteiger partial charge on any atom is 0.355 e. The molecule has 1 heterocycles. The molecule has 1 aliphatic rings. The topological polar surface area (TPSA) is 85.3 Å². The standard InChI is InChI=1S/C17H21NO6/c1-10(2)12-7-11(5-6-14(12)19)18-9-24-8-13(16(20)22-3)15(18)17(21)23-4/h5-7,10,19H,8-9H2,1-4H3. The van der Waals surface area contributed by atoms with Gasteiger partial charge >= 0.3 is 11.9 Å². The largest absolute Gasteiger partial charge is 0.508 e. The molecule has 0 fully saturated rings. The molecule has 1 aromatic rings. The predicted octanol–water partition coefficient (Wildman–Crippen LogP) is 1.91. The van der Waals surface area contributed by atoms with Gasteiger partial charge in [0.2, 0.25) is 0 Å². The zero-order chi connectivity index (χ0) is 17.9. The number of ether oxygens (including phenoxy) is 3. The van der Waals surface area contributed by atoms with Gasteiger partial charge in [0.25, 0.3) is 0 Å². The summed E-state index contributed by atoms with van der Waals surface area (Å²) in [5.41, 5.74) is 1.51. The molecule has 0 saturated heterocycles. The minimum Gasteiger partial charge on any atom is -0.508 e. The number of anilines is 1. The monoisotopic (exact) mass is 335 g/mol. The van der Waals surface area contributed by atoms with Crippen LogP contribution in [0, 0.1) is 0 Å². The molecule has 7 heteroatoms. The van der Waals surface area contributed by atoms with Crippen molar-refractivity contribution in [1.82, 2.24) is 0 Å². The van der Waals surface area contributed by atoms with E-state index in [1.54, 1.807) is 18.2 Å². The third-order valence-electron chi connectivity index (χ3n) is 3.78. The Kier molecular flexibility index (Phi) is 5.46. The number of esters is 2. The van der Waals surface area contributed by atoms with Crippen molar-refractivity contribution in [3.63, 3.8) is 0 Å². The predicted molar refractivity (Wildman–Crippen MR) is 86.6 cm³/mol. The summed E-state index contributed by atoms with van der Waals surface area (Å²) in [5.74, 6) is -1.05. The van der Waals surface area contributed by atoms with Gasteiger partial charge in [0.05, 0.1) is 26.4 Å². The van der Waals surface area contributed by atoms with E-state index in [9.17, 15) is 14.7 Å². The maximum atomic E-state index is 12.2. The average molecular weight is 335 g/mol. The minimum absolute atomic E-state index is 0.0390. The van der Waals surface area contributed by atoms with Crippen molar-refractivity contribution in [3.05, 3.63) is 35.0 Å². The van der Waals surface area contributed by atoms with Crippen LogP contribution in [0.5, 0.6) is 5.75 Å². The highest BCUT2D eigenvalue weighted by Crippen LogP contribution is 2.33. The van der Waals surface area contributed by atoms with Crippen LogP contribution < -0.4 is 4.90 Å². The van der Waals surface area contributed by atoms with E-state index in [1.807, 2.05) is 13.8 Å². The number of carbonyl (C=O) groups is 2. The Bertz CT molecular complexity index is 680. The molecule has 0 bridgehead atoms. The number of carbonyl (C=O) groups excluding carboxylic acids is 2. The van der Waals surface area contributed by atoms with Gasteiger partial charge in [0, 0.05) is 5.69 Å². The van der Waals surface area contributed by atoms with E-state index in [2.05, 4.69) is 0 Å². The minimum atomic E-state index is -0.655. The highest BCUT2D eigenvalue weighted by molar-refractivity contribution is 6.03. The molecule has 0 aromatic heterocycles. The lowest BCUT2D eigenvalue weighted by Gasteiger charge is -2.31. The van der Waals surface area contributed by atoms with E-state index < -0.39 is 11.9 Å². The molecule has 1 aromatic carbocycles. The molecular formula is C17H21NO6. The molecule has 0 amide bonds. The Morgan fingerprint density at radius 2 is 1.88 bits per heavy atom. The van der Waals surface area contributed by atoms with E-state index in [0.717, 1.165) is 5.56 Å². The lowest BCUT2D eigenvalue weighted by Crippen LogP contribution is -2.38. The van der Waals surface area contributed by atoms with Crippen molar-refractivity contribution in [2.75, 3.05) is 32.5 Å². The summed E-state index contributed by atoms with van der Waals surface area (Å²) >= 11 is 0. The van der Waals surface area contributed by atoms with Crippen LogP contribution in [0.4, 0.5) is 5.69 Å². The molecule has 0 unspecified atom stereocenters. The van der Waals surface area contributed by atoms with Gasteiger partial charge in [-0.05, 0) is 29.7 Å². The lowest BCUT2D eigenvalue weighted by atomic mass is 10.0. The molecule has 1 N–H and O–H groups in total. The van der Waals surface area contributed by atoms with Crippen molar-refractivity contribution < 1.29 is 28.9 Å². The third kappa shape index (κ3) is 3.35. The second-order valence-electron chi connectivity index (χ2n) is 5.61. The molecule has 0 radical (unpaired) electrons. The van der Waals surface area contributed by atoms with Gasteiger partial charge in [-0.3, -0.25) is 0 Å². The fourth-order valence-electron chi connectivity index (χ4n) is 2.52. The summed E-state index contributed by atoms with van der Waals surface area (Å²) in [7, 11) is 2.48. The van der Waals surface area contributed by atoms with Crippen LogP contribution in [-0.4, -0.2) is 44.6 Å². The third-order valence-corrected chi connectivity index (χ3v) is 3.78. The van der Waals surface area contributed by atoms with Gasteiger partial charge in [-0.2, -0.15) is 0 Å². The number of rotatable bonds is 4. The van der Waals surface area contributed by atoms with Gasteiger partial charge < -0.3 is 24.2 Å². The van der Waals surface area contributed by atoms with Crippen LogP contribution in [0.15, 0.2) is 29.5 Å². The number of hydrogen-bond donors (Lipinski definition) is 1. The van der Waals surface area contributed by atoms with Crippen molar-refractivity contribution in [2.45, 2.75) is 19.8 Å². The number of nitrogens with zero attached hydrogens (tertiary/aromatic N) is 1. The molecule has 0 atom stereocenters. The summed E-state index contributed by atoms with van der Waals surface area (Å²) < 4.78 is 15.0. The summed E-state index contributed by atoms with van der Waals surface area (Å²) in [6.07, 6.45) is 0. The van der Waals surface area contributed by atoms with Crippen molar-refractivity contribution in [2.24, 2.45) is 0 Å². The highest BCUT2D eigenvalue weighted by atomic mass is 16.5. The van der Waals surface area contributed by atoms with Gasteiger partial charge in [0.1, 0.15) is 18.2 Å². The second-order valence-corrected chi connectivity index (χ2v) is 5.61. The number of hydrogen-bond acceptors (Lipinski definition) is 7. The fraction of sp³-hybridized carbons (Fsp3) is 0.412. The zero-order valence-corrected chi connectivity index (χ0v) is 14.2. The van der Waals surface area contributed by atoms with Crippen LogP contribution in [0.25, 0.3) is 0 Å². The summed E-state index contributed by atoms with van der Waals surface area (Å²) in [6.45, 7) is 3.93. The van der Waals surface area contributed by atoms with Crippen LogP contribution in [0.2, 0.25) is 0 Å². The number of benzene rings is 1. The molecule has 0 spiro atoms. The first-order valence-corrected chi connectivity index (χ1v) is 7.48. The Hall–Kier alpha value is -2.54. The second kappa shape index (κ2) is 7.35. The molecule has 2 rings (SSSR count). The van der Waals surface area contributed by atoms with E-state index in [1.165, 1.54) is 19.1 Å². The van der Waals surface area contributed by atoms with E-state index in [4.69, 9.17) is 14.2 Å². The van der Waals surface area contributed by atoms with Gasteiger partial charge in [-0.1, -0.05) is 13.8 Å². The molecule has 24 heavy (non-hydrogen) atoms. The quantitative estimate of drug-likeness (QED) is 0.841. The highest BCUT2D eigenvalue weighted by Gasteiger charge is 2.32. The first-order valence-electron chi connectivity index (χ1n) is 7.48. The van der Waals surface area contributed by atoms with Gasteiger partial charge in [0.15, 0.2) is 0 Å². The normalized spacial score (nSPS) is 14.8. The van der Waals surface area contributed by atoms with Crippen molar-refractivity contribution in [1.29, 1.82) is 0 Å². The molecule has 1 aliphatic heterocycles. The first kappa shape index (κ1) is 17.8. The SMILES string of the molecule is COC(=O)C1=C(C(=O)OC)N(c2ccc(O)c(C(C)C)c2)COC1. The van der Waals surface area contributed by atoms with Crippen LogP contribution in [-0.2, 0) is 23.8 Å². The maximum absolute atomic E-state index is 12.2. The molecule has 0 aliphatic carbocycles. The Balaban J connectivity index is 2.57. The number of phenolic OH excluding ortho intramolecular Hbond substituents is 1. The average Bonchev–Trinajstić information content (AvgIpc) is 2.59. The van der Waals surface area contributed by atoms with Gasteiger partial charge in [-0.15, -0.1) is 0 Å². The summed E-state index contributed by atoms with van der Waals surface area (Å²) in [5, 5.41) is 9.98. The van der Waals surface area contributed by atoms with E-state index >= 15 is 0 Å². The van der Waals surface area contributed by atoms with E-state index in [0.29, 0.717) is 5.69 Å². The van der Waals surface area contributed by atoms with Crippen molar-refractivity contribution >= 4 is 17.6 Å². The number of phenols is 1. The number of methoxy groups -OCH3 is 2. The van der Waals surface area contributed by atoms with E-state index in [-0.39, 0.29) is 36.3 Å². The summed E-state index contributed by atoms with van der Waals surface area (Å²) in [6, 6.07) is 4.95. The number of aromatic hydroxyl groups is 1. The lowest BCUT2D eigenvalue weighted by molar-refractivity contribution is -0.140. The van der Waals surface area contributed by atoms with Gasteiger partial charge in [-0.25, -0.2) is 9.59 Å². The Labute approximate surface area is 140 Å².